The molecule has 1 aromatic rings. The molecule has 1 aliphatic rings. The molecule has 0 aromatic carbocycles. The molecule has 136 valence electrons. The van der Waals surface area contributed by atoms with Crippen LogP contribution in [0, 0.1) is 0 Å². The Morgan fingerprint density at radius 2 is 2.08 bits per heavy atom. The third-order valence-corrected chi connectivity index (χ3v) is 4.61. The number of carbonyl (C=O) groups excluding carboxylic acids is 2. The van der Waals surface area contributed by atoms with Gasteiger partial charge in [0.1, 0.15) is 12.2 Å². The van der Waals surface area contributed by atoms with Crippen molar-refractivity contribution in [2.75, 3.05) is 19.6 Å². The number of likely N-dealkylation sites (tertiary alicyclic amines) is 1. The minimum atomic E-state index is -1.02. The van der Waals surface area contributed by atoms with E-state index < -0.39 is 5.97 Å². The van der Waals surface area contributed by atoms with Crippen LogP contribution in [0.25, 0.3) is 0 Å². The van der Waals surface area contributed by atoms with Crippen LogP contribution in [0.3, 0.4) is 0 Å². The number of rotatable bonds is 5. The topological polar surface area (TPSA) is 90.8 Å². The summed E-state index contributed by atoms with van der Waals surface area (Å²) in [7, 11) is 0. The summed E-state index contributed by atoms with van der Waals surface area (Å²) in [5.41, 5.74) is 1.40. The molecular weight excluding hydrogens is 322 g/mol. The fourth-order valence-electron chi connectivity index (χ4n) is 3.30. The van der Waals surface area contributed by atoms with Gasteiger partial charge in [0.25, 0.3) is 5.91 Å². The first kappa shape index (κ1) is 18.9. The Balaban J connectivity index is 2.09. The van der Waals surface area contributed by atoms with Gasteiger partial charge >= 0.3 is 5.97 Å². The molecule has 2 heterocycles. The molecule has 1 aliphatic heterocycles. The summed E-state index contributed by atoms with van der Waals surface area (Å²) in [6.07, 6.45) is 4.36. The Morgan fingerprint density at radius 1 is 1.32 bits per heavy atom. The molecule has 7 heteroatoms. The molecule has 0 saturated carbocycles. The van der Waals surface area contributed by atoms with Gasteiger partial charge in [0.05, 0.1) is 0 Å². The molecule has 7 nitrogen and oxygen atoms in total. The lowest BCUT2D eigenvalue weighted by atomic mass is 10.1. The predicted octanol–water partition coefficient (Wildman–Crippen LogP) is 1.57. The number of carbonyl (C=O) groups is 3. The van der Waals surface area contributed by atoms with Crippen molar-refractivity contribution in [2.45, 2.75) is 45.6 Å². The van der Waals surface area contributed by atoms with Crippen molar-refractivity contribution in [3.8, 4) is 0 Å². The van der Waals surface area contributed by atoms with Gasteiger partial charge in [-0.15, -0.1) is 0 Å². The number of aliphatic carboxylic acids is 1. The number of hydrogen-bond acceptors (Lipinski definition) is 4. The number of nitrogens with zero attached hydrogens (tertiary/aromatic N) is 3. The highest BCUT2D eigenvalue weighted by Crippen LogP contribution is 2.19. The molecule has 0 spiro atoms. The van der Waals surface area contributed by atoms with Crippen LogP contribution >= 0.6 is 0 Å². The van der Waals surface area contributed by atoms with Gasteiger partial charge in [-0.3, -0.25) is 19.4 Å². The monoisotopic (exact) mass is 347 g/mol. The van der Waals surface area contributed by atoms with Crippen molar-refractivity contribution >= 4 is 17.8 Å². The maximum Gasteiger partial charge on any atom is 0.323 e. The van der Waals surface area contributed by atoms with E-state index in [0.717, 1.165) is 18.4 Å². The number of carboxylic acid groups (broad SMARTS) is 1. The molecule has 1 atom stereocenters. The van der Waals surface area contributed by atoms with Gasteiger partial charge in [-0.2, -0.15) is 0 Å². The second-order valence-corrected chi connectivity index (χ2v) is 6.28. The summed E-state index contributed by atoms with van der Waals surface area (Å²) in [6, 6.07) is 3.58. The standard InChI is InChI=1S/C18H25N3O4/c1-3-14-6-4-9-19-17(14)18(25)20-10-5-7-15(8-11-20)21(13(2)22)12-16(23)24/h4,6,9,15H,3,5,7-8,10-12H2,1-2H3,(H,23,24). The number of aromatic nitrogens is 1. The number of aryl methyl sites for hydroxylation is 1. The minimum Gasteiger partial charge on any atom is -0.480 e. The molecule has 1 aromatic heterocycles. The average molecular weight is 347 g/mol. The van der Waals surface area contributed by atoms with Crippen molar-refractivity contribution < 1.29 is 19.5 Å². The van der Waals surface area contributed by atoms with E-state index >= 15 is 0 Å². The third kappa shape index (κ3) is 4.78. The molecule has 25 heavy (non-hydrogen) atoms. The van der Waals surface area contributed by atoms with Gasteiger partial charge in [-0.1, -0.05) is 13.0 Å². The largest absolute Gasteiger partial charge is 0.480 e. The van der Waals surface area contributed by atoms with Crippen LogP contribution in [0.1, 0.15) is 49.2 Å². The summed E-state index contributed by atoms with van der Waals surface area (Å²) in [4.78, 5) is 43.0. The SMILES string of the molecule is CCc1cccnc1C(=O)N1CCCC(N(CC(=O)O)C(C)=O)CC1. The van der Waals surface area contributed by atoms with E-state index in [0.29, 0.717) is 31.6 Å². The van der Waals surface area contributed by atoms with Gasteiger partial charge in [0.2, 0.25) is 5.91 Å². The third-order valence-electron chi connectivity index (χ3n) is 4.61. The number of pyridine rings is 1. The van der Waals surface area contributed by atoms with Crippen molar-refractivity contribution in [1.82, 2.24) is 14.8 Å². The van der Waals surface area contributed by atoms with E-state index in [4.69, 9.17) is 5.11 Å². The Hall–Kier alpha value is -2.44. The summed E-state index contributed by atoms with van der Waals surface area (Å²) < 4.78 is 0. The fourth-order valence-corrected chi connectivity index (χ4v) is 3.30. The zero-order valence-electron chi connectivity index (χ0n) is 14.8. The first-order valence-electron chi connectivity index (χ1n) is 8.66. The van der Waals surface area contributed by atoms with Crippen LogP contribution in [0.5, 0.6) is 0 Å². The lowest BCUT2D eigenvalue weighted by molar-refractivity contribution is -0.145. The quantitative estimate of drug-likeness (QED) is 0.873. The number of hydrogen-bond donors (Lipinski definition) is 1. The van der Waals surface area contributed by atoms with Crippen LogP contribution in [0.4, 0.5) is 0 Å². The van der Waals surface area contributed by atoms with Crippen LogP contribution in [0.15, 0.2) is 18.3 Å². The van der Waals surface area contributed by atoms with E-state index in [1.807, 2.05) is 19.1 Å². The highest BCUT2D eigenvalue weighted by atomic mass is 16.4. The molecule has 0 aliphatic carbocycles. The fraction of sp³-hybridized carbons (Fsp3) is 0.556. The Morgan fingerprint density at radius 3 is 2.72 bits per heavy atom. The zero-order chi connectivity index (χ0) is 18.4. The highest BCUT2D eigenvalue weighted by Gasteiger charge is 2.28. The first-order chi connectivity index (χ1) is 11.9. The van der Waals surface area contributed by atoms with E-state index in [1.165, 1.54) is 11.8 Å². The van der Waals surface area contributed by atoms with Gasteiger partial charge in [-0.25, -0.2) is 0 Å². The smallest absolute Gasteiger partial charge is 0.323 e. The summed E-state index contributed by atoms with van der Waals surface area (Å²) >= 11 is 0. The first-order valence-corrected chi connectivity index (χ1v) is 8.66. The van der Waals surface area contributed by atoms with E-state index in [-0.39, 0.29) is 24.4 Å². The second kappa shape index (κ2) is 8.60. The van der Waals surface area contributed by atoms with Crippen LogP contribution in [0.2, 0.25) is 0 Å². The summed E-state index contributed by atoms with van der Waals surface area (Å²) in [6.45, 7) is 4.16. The lowest BCUT2D eigenvalue weighted by Crippen LogP contribution is -2.43. The lowest BCUT2D eigenvalue weighted by Gasteiger charge is -2.28. The van der Waals surface area contributed by atoms with Crippen molar-refractivity contribution in [1.29, 1.82) is 0 Å². The molecule has 1 unspecified atom stereocenters. The molecule has 1 N–H and O–H groups in total. The van der Waals surface area contributed by atoms with Gasteiger partial charge < -0.3 is 14.9 Å². The van der Waals surface area contributed by atoms with Gasteiger partial charge in [-0.05, 0) is 37.3 Å². The molecule has 0 radical (unpaired) electrons. The van der Waals surface area contributed by atoms with Crippen LogP contribution < -0.4 is 0 Å². The van der Waals surface area contributed by atoms with Crippen LogP contribution in [-0.2, 0) is 16.0 Å². The van der Waals surface area contributed by atoms with Crippen molar-refractivity contribution in [3.63, 3.8) is 0 Å². The number of carboxylic acids is 1. The Labute approximate surface area is 147 Å². The maximum absolute atomic E-state index is 12.8. The van der Waals surface area contributed by atoms with E-state index in [2.05, 4.69) is 4.98 Å². The van der Waals surface area contributed by atoms with Crippen molar-refractivity contribution in [2.24, 2.45) is 0 Å². The average Bonchev–Trinajstić information content (AvgIpc) is 2.84. The molecule has 0 bridgehead atoms. The van der Waals surface area contributed by atoms with E-state index in [1.54, 1.807) is 11.1 Å². The van der Waals surface area contributed by atoms with Crippen molar-refractivity contribution in [3.05, 3.63) is 29.6 Å². The van der Waals surface area contributed by atoms with Crippen LogP contribution in [-0.4, -0.2) is 63.4 Å². The zero-order valence-corrected chi connectivity index (χ0v) is 14.8. The summed E-state index contributed by atoms with van der Waals surface area (Å²) in [5.74, 6) is -1.36. The Bertz CT molecular complexity index is 647. The molecule has 2 amide bonds. The second-order valence-electron chi connectivity index (χ2n) is 6.28. The number of amides is 2. The minimum absolute atomic E-state index is 0.0919. The normalized spacial score (nSPS) is 17.7. The maximum atomic E-state index is 12.8. The van der Waals surface area contributed by atoms with Gasteiger partial charge in [0.15, 0.2) is 0 Å². The molecular formula is C18H25N3O4. The predicted molar refractivity (Wildman–Crippen MR) is 92.2 cm³/mol. The highest BCUT2D eigenvalue weighted by molar-refractivity contribution is 5.93. The molecule has 1 fully saturated rings. The molecule has 1 saturated heterocycles. The molecule has 2 rings (SSSR count). The summed E-state index contributed by atoms with van der Waals surface area (Å²) in [5, 5.41) is 9.01. The van der Waals surface area contributed by atoms with Gasteiger partial charge in [0, 0.05) is 32.3 Å². The van der Waals surface area contributed by atoms with E-state index in [9.17, 15) is 14.4 Å². The Kier molecular flexibility index (Phi) is 6.50.